The quantitative estimate of drug-likeness (QED) is 0.624. The molecular formula is C18H30N2O. The Morgan fingerprint density at radius 3 is 2.90 bits per heavy atom. The zero-order valence-electron chi connectivity index (χ0n) is 13.7. The van der Waals surface area contributed by atoms with Gasteiger partial charge < -0.3 is 4.74 Å². The largest absolute Gasteiger partial charge is 0.374 e. The van der Waals surface area contributed by atoms with Gasteiger partial charge in [0.2, 0.25) is 0 Å². The van der Waals surface area contributed by atoms with Crippen LogP contribution in [0.1, 0.15) is 50.7 Å². The molecule has 1 fully saturated rings. The van der Waals surface area contributed by atoms with Crippen molar-refractivity contribution in [1.82, 2.24) is 5.43 Å². The first-order valence-corrected chi connectivity index (χ1v) is 8.25. The Bertz CT molecular complexity index is 445. The fraction of sp³-hybridized carbons (Fsp3) is 0.667. The highest BCUT2D eigenvalue weighted by atomic mass is 16.5. The van der Waals surface area contributed by atoms with Crippen LogP contribution in [0.15, 0.2) is 24.3 Å². The number of hydrazine groups is 1. The maximum atomic E-state index is 6.25. The Hall–Kier alpha value is -0.900. The average Bonchev–Trinajstić information content (AvgIpc) is 2.45. The molecule has 0 aliphatic heterocycles. The first kappa shape index (κ1) is 16.5. The average molecular weight is 290 g/mol. The van der Waals surface area contributed by atoms with E-state index in [4.69, 9.17) is 10.6 Å². The molecule has 1 aliphatic rings. The molecule has 3 nitrogen and oxygen atoms in total. The van der Waals surface area contributed by atoms with Crippen molar-refractivity contribution in [2.24, 2.45) is 11.8 Å². The van der Waals surface area contributed by atoms with Crippen LogP contribution in [0.5, 0.6) is 0 Å². The Labute approximate surface area is 129 Å². The van der Waals surface area contributed by atoms with Crippen molar-refractivity contribution in [1.29, 1.82) is 0 Å². The number of rotatable bonds is 6. The summed E-state index contributed by atoms with van der Waals surface area (Å²) in [6.07, 6.45) is 5.65. The van der Waals surface area contributed by atoms with Gasteiger partial charge in [0, 0.05) is 6.61 Å². The molecule has 21 heavy (non-hydrogen) atoms. The molecule has 0 bridgehead atoms. The van der Waals surface area contributed by atoms with Gasteiger partial charge in [-0.15, -0.1) is 0 Å². The lowest BCUT2D eigenvalue weighted by molar-refractivity contribution is -0.100. The molecule has 3 heteroatoms. The Morgan fingerprint density at radius 2 is 2.29 bits per heavy atom. The topological polar surface area (TPSA) is 47.3 Å². The van der Waals surface area contributed by atoms with E-state index in [1.807, 2.05) is 0 Å². The molecule has 1 saturated carbocycles. The van der Waals surface area contributed by atoms with Crippen LogP contribution < -0.4 is 11.3 Å². The second-order valence-electron chi connectivity index (χ2n) is 6.61. The first-order valence-electron chi connectivity index (χ1n) is 8.25. The summed E-state index contributed by atoms with van der Waals surface area (Å²) in [6, 6.07) is 8.85. The van der Waals surface area contributed by atoms with Gasteiger partial charge in [0.1, 0.15) is 0 Å². The van der Waals surface area contributed by atoms with Crippen molar-refractivity contribution in [3.8, 4) is 0 Å². The summed E-state index contributed by atoms with van der Waals surface area (Å²) in [5.74, 6) is 6.63. The third-order valence-corrected chi connectivity index (χ3v) is 4.78. The van der Waals surface area contributed by atoms with E-state index in [0.29, 0.717) is 5.92 Å². The molecule has 0 radical (unpaired) electrons. The van der Waals surface area contributed by atoms with Crippen LogP contribution in [0.25, 0.3) is 0 Å². The predicted octanol–water partition coefficient (Wildman–Crippen LogP) is 3.35. The number of hydrogen-bond acceptors (Lipinski definition) is 3. The van der Waals surface area contributed by atoms with E-state index in [2.05, 4.69) is 50.5 Å². The molecule has 1 aromatic rings. The molecule has 0 amide bonds. The molecule has 1 aliphatic carbocycles. The van der Waals surface area contributed by atoms with E-state index in [1.165, 1.54) is 24.0 Å². The number of nitrogens with two attached hydrogens (primary N) is 1. The number of benzene rings is 1. The smallest absolute Gasteiger partial charge is 0.0853 e. The van der Waals surface area contributed by atoms with Gasteiger partial charge in [0.25, 0.3) is 0 Å². The van der Waals surface area contributed by atoms with Crippen molar-refractivity contribution in [2.75, 3.05) is 6.61 Å². The van der Waals surface area contributed by atoms with E-state index in [1.54, 1.807) is 0 Å². The number of hydrogen-bond donors (Lipinski definition) is 2. The molecule has 0 aromatic heterocycles. The third-order valence-electron chi connectivity index (χ3n) is 4.78. The van der Waals surface area contributed by atoms with Crippen molar-refractivity contribution in [3.05, 3.63) is 35.4 Å². The summed E-state index contributed by atoms with van der Waals surface area (Å²) < 4.78 is 6.25. The van der Waals surface area contributed by atoms with Crippen LogP contribution in [0.4, 0.5) is 0 Å². The molecule has 3 unspecified atom stereocenters. The standard InChI is InChI=1S/C18H30N2O/c1-4-21-18(10-6-8-15(3)13-18)17(20-19)12-16-9-5-7-14(2)11-16/h5,7,9,11,15,17,20H,4,6,8,10,12-13,19H2,1-3H3. The summed E-state index contributed by atoms with van der Waals surface area (Å²) in [4.78, 5) is 0. The van der Waals surface area contributed by atoms with Crippen LogP contribution in [0.2, 0.25) is 0 Å². The van der Waals surface area contributed by atoms with Gasteiger partial charge in [-0.05, 0) is 44.6 Å². The molecule has 0 saturated heterocycles. The van der Waals surface area contributed by atoms with Crippen LogP contribution >= 0.6 is 0 Å². The van der Waals surface area contributed by atoms with Gasteiger partial charge in [0.05, 0.1) is 11.6 Å². The monoisotopic (exact) mass is 290 g/mol. The second kappa shape index (κ2) is 7.39. The van der Waals surface area contributed by atoms with Crippen molar-refractivity contribution in [3.63, 3.8) is 0 Å². The fourth-order valence-corrected chi connectivity index (χ4v) is 3.85. The molecule has 3 N–H and O–H groups in total. The maximum Gasteiger partial charge on any atom is 0.0853 e. The summed E-state index contributed by atoms with van der Waals surface area (Å²) in [6.45, 7) is 7.29. The zero-order chi connectivity index (χ0) is 15.3. The molecule has 0 heterocycles. The van der Waals surface area contributed by atoms with Crippen LogP contribution in [0.3, 0.4) is 0 Å². The van der Waals surface area contributed by atoms with Gasteiger partial charge in [-0.1, -0.05) is 49.6 Å². The normalized spacial score (nSPS) is 27.5. The summed E-state index contributed by atoms with van der Waals surface area (Å²) in [7, 11) is 0. The van der Waals surface area contributed by atoms with Crippen LogP contribution in [0, 0.1) is 12.8 Å². The van der Waals surface area contributed by atoms with E-state index < -0.39 is 0 Å². The SMILES string of the molecule is CCOC1(C(Cc2cccc(C)c2)NN)CCCC(C)C1. The first-order chi connectivity index (χ1) is 10.1. The van der Waals surface area contributed by atoms with Gasteiger partial charge in [0.15, 0.2) is 0 Å². The summed E-state index contributed by atoms with van der Waals surface area (Å²) in [5, 5.41) is 0. The number of nitrogens with one attached hydrogen (secondary N) is 1. The van der Waals surface area contributed by atoms with Gasteiger partial charge in [-0.25, -0.2) is 0 Å². The summed E-state index contributed by atoms with van der Waals surface area (Å²) in [5.41, 5.74) is 5.57. The molecule has 1 aromatic carbocycles. The maximum absolute atomic E-state index is 6.25. The van der Waals surface area contributed by atoms with Gasteiger partial charge >= 0.3 is 0 Å². The Balaban J connectivity index is 2.19. The Morgan fingerprint density at radius 1 is 1.48 bits per heavy atom. The molecule has 2 rings (SSSR count). The van der Waals surface area contributed by atoms with Crippen LogP contribution in [-0.2, 0) is 11.2 Å². The molecule has 118 valence electrons. The minimum Gasteiger partial charge on any atom is -0.374 e. The molecule has 3 atom stereocenters. The lowest BCUT2D eigenvalue weighted by Gasteiger charge is -2.45. The van der Waals surface area contributed by atoms with E-state index in [-0.39, 0.29) is 11.6 Å². The van der Waals surface area contributed by atoms with Gasteiger partial charge in [-0.3, -0.25) is 11.3 Å². The van der Waals surface area contributed by atoms with Crippen LogP contribution in [-0.4, -0.2) is 18.2 Å². The minimum absolute atomic E-state index is 0.120. The molecular weight excluding hydrogens is 260 g/mol. The lowest BCUT2D eigenvalue weighted by atomic mass is 9.73. The van der Waals surface area contributed by atoms with Crippen molar-refractivity contribution >= 4 is 0 Å². The lowest BCUT2D eigenvalue weighted by Crippen LogP contribution is -2.57. The highest BCUT2D eigenvalue weighted by Crippen LogP contribution is 2.38. The summed E-state index contributed by atoms with van der Waals surface area (Å²) >= 11 is 0. The fourth-order valence-electron chi connectivity index (χ4n) is 3.85. The number of aryl methyl sites for hydroxylation is 1. The number of ether oxygens (including phenoxy) is 1. The van der Waals surface area contributed by atoms with Crippen molar-refractivity contribution < 1.29 is 4.74 Å². The predicted molar refractivity (Wildman–Crippen MR) is 88.0 cm³/mol. The third kappa shape index (κ3) is 4.06. The molecule has 0 spiro atoms. The zero-order valence-corrected chi connectivity index (χ0v) is 13.7. The second-order valence-corrected chi connectivity index (χ2v) is 6.61. The minimum atomic E-state index is -0.120. The van der Waals surface area contributed by atoms with E-state index in [0.717, 1.165) is 25.9 Å². The highest BCUT2D eigenvalue weighted by Gasteiger charge is 2.42. The Kier molecular flexibility index (Phi) is 5.80. The highest BCUT2D eigenvalue weighted by molar-refractivity contribution is 5.23. The van der Waals surface area contributed by atoms with E-state index in [9.17, 15) is 0 Å². The van der Waals surface area contributed by atoms with E-state index >= 15 is 0 Å². The van der Waals surface area contributed by atoms with Gasteiger partial charge in [-0.2, -0.15) is 0 Å². The van der Waals surface area contributed by atoms with Crippen molar-refractivity contribution in [2.45, 2.75) is 64.5 Å².